The van der Waals surface area contributed by atoms with Gasteiger partial charge in [-0.2, -0.15) is 26.7 Å². The Morgan fingerprint density at radius 2 is 1.02 bits per heavy atom. The number of amides is 1. The van der Waals surface area contributed by atoms with Gasteiger partial charge in [0.2, 0.25) is 12.4 Å². The molecule has 7 heteroatoms. The zero-order valence-corrected chi connectivity index (χ0v) is 24.8. The van der Waals surface area contributed by atoms with Crippen LogP contribution < -0.4 is 36.3 Å². The van der Waals surface area contributed by atoms with E-state index in [-0.39, 0.29) is 6.09 Å². The Kier molecular flexibility index (Phi) is 9.88. The predicted molar refractivity (Wildman–Crippen MR) is 175 cm³/mol. The molecule has 218 valence electrons. The molecular formula is C36H38BN3O3. The quantitative estimate of drug-likeness (QED) is 0.232. The summed E-state index contributed by atoms with van der Waals surface area (Å²) in [4.78, 5) is 20.6. The van der Waals surface area contributed by atoms with E-state index in [1.54, 1.807) is 17.3 Å². The molecule has 0 bridgehead atoms. The molecule has 43 heavy (non-hydrogen) atoms. The summed E-state index contributed by atoms with van der Waals surface area (Å²) in [6.45, 7) is 2.29. The van der Waals surface area contributed by atoms with Gasteiger partial charge in [0.05, 0.1) is 13.2 Å². The summed E-state index contributed by atoms with van der Waals surface area (Å²) in [5, 5.41) is 0. The van der Waals surface area contributed by atoms with Crippen molar-refractivity contribution in [3.8, 4) is 0 Å². The first kappa shape index (κ1) is 29.6. The molecule has 0 N–H and O–H groups in total. The van der Waals surface area contributed by atoms with E-state index in [4.69, 9.17) is 9.57 Å². The molecule has 6 rings (SSSR count). The first-order valence-electron chi connectivity index (χ1n) is 14.7. The van der Waals surface area contributed by atoms with E-state index in [1.165, 1.54) is 26.6 Å². The average molecular weight is 572 g/mol. The molecule has 6 nitrogen and oxygen atoms in total. The van der Waals surface area contributed by atoms with Crippen molar-refractivity contribution in [1.82, 2.24) is 4.90 Å². The summed E-state index contributed by atoms with van der Waals surface area (Å²) in [6.07, 6.45) is 1.87. The monoisotopic (exact) mass is 571 g/mol. The lowest BCUT2D eigenvalue weighted by Gasteiger charge is -2.44. The average Bonchev–Trinajstić information content (AvgIpc) is 3.08. The van der Waals surface area contributed by atoms with Crippen molar-refractivity contribution >= 4 is 39.8 Å². The highest BCUT2D eigenvalue weighted by molar-refractivity contribution is 7.19. The summed E-state index contributed by atoms with van der Waals surface area (Å²) in [7, 11) is 3.92. The van der Waals surface area contributed by atoms with Crippen LogP contribution in [0.25, 0.3) is 0 Å². The first-order chi connectivity index (χ1) is 21.1. The molecule has 1 aliphatic heterocycles. The molecule has 1 aliphatic rings. The number of carbonyl (C=O) groups is 1. The van der Waals surface area contributed by atoms with E-state index in [2.05, 4.69) is 121 Å². The summed E-state index contributed by atoms with van der Waals surface area (Å²) in [5.41, 5.74) is 6.41. The molecule has 0 radical (unpaired) electrons. The third-order valence-corrected chi connectivity index (χ3v) is 7.95. The Morgan fingerprint density at radius 3 is 1.37 bits per heavy atom. The van der Waals surface area contributed by atoms with E-state index in [0.29, 0.717) is 26.3 Å². The van der Waals surface area contributed by atoms with Crippen molar-refractivity contribution in [2.75, 3.05) is 45.3 Å². The second-order valence-electron chi connectivity index (χ2n) is 10.8. The molecule has 0 aliphatic carbocycles. The number of pyridine rings is 1. The minimum Gasteiger partial charge on any atom is -0.378 e. The molecule has 1 fully saturated rings. The molecule has 4 aromatic carbocycles. The number of benzene rings is 4. The topological polar surface area (TPSA) is 45.9 Å². The molecule has 0 unspecified atom stereocenters. The maximum absolute atomic E-state index is 11.8. The van der Waals surface area contributed by atoms with Crippen molar-refractivity contribution in [3.05, 3.63) is 146 Å². The van der Waals surface area contributed by atoms with Crippen LogP contribution in [0.15, 0.2) is 146 Å². The van der Waals surface area contributed by atoms with Crippen LogP contribution in [0.2, 0.25) is 0 Å². The fourth-order valence-electron chi connectivity index (χ4n) is 5.78. The van der Waals surface area contributed by atoms with Gasteiger partial charge in [0.15, 0.2) is 0 Å². The SMILES string of the molecule is CN(C)c1cc[n+](OC(=O)N2CCOCC2)cc1.c1ccc([B-](c2ccccc2)(c2ccccc2)c2ccccc2)cc1. The van der Waals surface area contributed by atoms with Crippen LogP contribution in [0.1, 0.15) is 0 Å². The lowest BCUT2D eigenvalue weighted by molar-refractivity contribution is -0.869. The van der Waals surface area contributed by atoms with Gasteiger partial charge in [-0.15, -0.1) is 0 Å². The van der Waals surface area contributed by atoms with E-state index in [9.17, 15) is 4.79 Å². The lowest BCUT2D eigenvalue weighted by Crippen LogP contribution is -2.74. The Labute approximate surface area is 254 Å². The maximum Gasteiger partial charge on any atom is 0.478 e. The number of morpholine rings is 1. The molecule has 0 saturated carbocycles. The zero-order chi connectivity index (χ0) is 29.9. The summed E-state index contributed by atoms with van der Waals surface area (Å²) in [6, 6.07) is 47.3. The van der Waals surface area contributed by atoms with Gasteiger partial charge in [-0.1, -0.05) is 121 Å². The van der Waals surface area contributed by atoms with Crippen LogP contribution in [0.3, 0.4) is 0 Å². The second kappa shape index (κ2) is 14.3. The van der Waals surface area contributed by atoms with Crippen LogP contribution in [0, 0.1) is 0 Å². The van der Waals surface area contributed by atoms with Gasteiger partial charge in [0.1, 0.15) is 6.15 Å². The van der Waals surface area contributed by atoms with Gasteiger partial charge in [0, 0.05) is 49.7 Å². The molecule has 2 heterocycles. The molecular weight excluding hydrogens is 533 g/mol. The van der Waals surface area contributed by atoms with Gasteiger partial charge < -0.3 is 9.64 Å². The van der Waals surface area contributed by atoms with E-state index >= 15 is 0 Å². The highest BCUT2D eigenvalue weighted by atomic mass is 16.7. The first-order valence-corrected chi connectivity index (χ1v) is 14.7. The van der Waals surface area contributed by atoms with Gasteiger partial charge in [0.25, 0.3) is 0 Å². The number of hydrogen-bond acceptors (Lipinski definition) is 4. The summed E-state index contributed by atoms with van der Waals surface area (Å²) >= 11 is 0. The zero-order valence-electron chi connectivity index (χ0n) is 24.8. The standard InChI is InChI=1S/C24H20B.C12H18N3O3/c1-5-13-21(14-6-1)25(22-15-7-2-8-16-22,23-17-9-3-10-18-23)24-19-11-4-12-20-24;1-13(2)11-3-5-15(6-4-11)18-12(16)14-7-9-17-10-8-14/h1-20H;3-6H,7-10H2,1-2H3/q-1;+1. The van der Waals surface area contributed by atoms with E-state index in [1.807, 2.05) is 31.1 Å². The van der Waals surface area contributed by atoms with Crippen LogP contribution in [-0.2, 0) is 4.74 Å². The third-order valence-electron chi connectivity index (χ3n) is 7.95. The molecule has 1 aromatic heterocycles. The highest BCUT2D eigenvalue weighted by Gasteiger charge is 2.31. The Morgan fingerprint density at radius 1 is 0.651 bits per heavy atom. The van der Waals surface area contributed by atoms with Gasteiger partial charge >= 0.3 is 6.09 Å². The van der Waals surface area contributed by atoms with E-state index < -0.39 is 6.15 Å². The Hall–Kier alpha value is -4.88. The maximum atomic E-state index is 11.8. The fourth-order valence-corrected chi connectivity index (χ4v) is 5.78. The number of hydrogen-bond donors (Lipinski definition) is 0. The van der Waals surface area contributed by atoms with Crippen LogP contribution in [-0.4, -0.2) is 57.5 Å². The van der Waals surface area contributed by atoms with Gasteiger partial charge in [-0.05, 0) is 0 Å². The van der Waals surface area contributed by atoms with Crippen LogP contribution in [0.4, 0.5) is 10.5 Å². The molecule has 1 saturated heterocycles. The Balaban J connectivity index is 0.000000181. The molecule has 0 atom stereocenters. The minimum atomic E-state index is -1.22. The van der Waals surface area contributed by atoms with Crippen LogP contribution in [0.5, 0.6) is 0 Å². The van der Waals surface area contributed by atoms with Crippen molar-refractivity contribution in [1.29, 1.82) is 0 Å². The predicted octanol–water partition coefficient (Wildman–Crippen LogP) is 2.98. The molecule has 0 spiro atoms. The van der Waals surface area contributed by atoms with Crippen molar-refractivity contribution in [2.24, 2.45) is 0 Å². The van der Waals surface area contributed by atoms with Crippen molar-refractivity contribution in [3.63, 3.8) is 0 Å². The fraction of sp³-hybridized carbons (Fsp3) is 0.167. The van der Waals surface area contributed by atoms with E-state index in [0.717, 1.165) is 5.69 Å². The number of nitrogens with zero attached hydrogens (tertiary/aromatic N) is 3. The number of ether oxygens (including phenoxy) is 1. The number of rotatable bonds is 6. The summed E-state index contributed by atoms with van der Waals surface area (Å²) in [5.74, 6) is 0. The number of carbonyl (C=O) groups excluding carboxylic acids is 1. The smallest absolute Gasteiger partial charge is 0.378 e. The van der Waals surface area contributed by atoms with Crippen molar-refractivity contribution < 1.29 is 19.1 Å². The Bertz CT molecular complexity index is 1380. The largest absolute Gasteiger partial charge is 0.478 e. The van der Waals surface area contributed by atoms with Gasteiger partial charge in [-0.25, -0.2) is 4.79 Å². The molecule has 1 amide bonds. The van der Waals surface area contributed by atoms with Gasteiger partial charge in [-0.3, -0.25) is 4.90 Å². The lowest BCUT2D eigenvalue weighted by atomic mass is 9.13. The second-order valence-corrected chi connectivity index (χ2v) is 10.8. The van der Waals surface area contributed by atoms with Crippen LogP contribution >= 0.6 is 0 Å². The summed E-state index contributed by atoms with van der Waals surface area (Å²) < 4.78 is 6.59. The molecule has 5 aromatic rings. The highest BCUT2D eigenvalue weighted by Crippen LogP contribution is 2.09. The minimum absolute atomic E-state index is 0.346. The van der Waals surface area contributed by atoms with Crippen molar-refractivity contribution in [2.45, 2.75) is 0 Å². The third kappa shape index (κ3) is 6.96. The number of aromatic nitrogens is 1. The normalized spacial score (nSPS) is 12.9. The number of anilines is 1.